The maximum atomic E-state index is 5.75. The number of aromatic nitrogens is 2. The lowest BCUT2D eigenvalue weighted by molar-refractivity contribution is 0.477. The third-order valence-corrected chi connectivity index (χ3v) is 2.87. The number of ether oxygens (including phenoxy) is 1. The molecular formula is C14H16BrN3O. The first-order valence-electron chi connectivity index (χ1n) is 6.22. The molecule has 2 heterocycles. The highest BCUT2D eigenvalue weighted by molar-refractivity contribution is 9.10. The van der Waals surface area contributed by atoms with E-state index < -0.39 is 0 Å². The Bertz CT molecular complexity index is 534. The zero-order valence-corrected chi connectivity index (χ0v) is 12.4. The van der Waals surface area contributed by atoms with Crippen molar-refractivity contribution < 1.29 is 4.74 Å². The lowest BCUT2D eigenvalue weighted by Crippen LogP contribution is -2.14. The van der Waals surface area contributed by atoms with Crippen molar-refractivity contribution in [3.63, 3.8) is 0 Å². The summed E-state index contributed by atoms with van der Waals surface area (Å²) >= 11 is 3.37. The average Bonchev–Trinajstić information content (AvgIpc) is 2.39. The van der Waals surface area contributed by atoms with Gasteiger partial charge in [0.15, 0.2) is 0 Å². The number of nitrogens with one attached hydrogen (secondary N) is 1. The van der Waals surface area contributed by atoms with Crippen LogP contribution in [0, 0.1) is 0 Å². The SMILES string of the molecule is CCCNCc1cc(Oc2cncc(Br)c2)ccn1. The first kappa shape index (κ1) is 14.0. The van der Waals surface area contributed by atoms with E-state index in [-0.39, 0.29) is 0 Å². The number of rotatable bonds is 6. The normalized spacial score (nSPS) is 10.4. The minimum Gasteiger partial charge on any atom is -0.456 e. The highest BCUT2D eigenvalue weighted by Gasteiger charge is 2.01. The summed E-state index contributed by atoms with van der Waals surface area (Å²) in [6.07, 6.45) is 6.27. The van der Waals surface area contributed by atoms with Crippen LogP contribution in [-0.2, 0) is 6.54 Å². The second kappa shape index (κ2) is 7.21. The smallest absolute Gasteiger partial charge is 0.146 e. The molecule has 0 unspecified atom stereocenters. The summed E-state index contributed by atoms with van der Waals surface area (Å²) in [5.41, 5.74) is 0.967. The maximum absolute atomic E-state index is 5.75. The monoisotopic (exact) mass is 321 g/mol. The highest BCUT2D eigenvalue weighted by atomic mass is 79.9. The van der Waals surface area contributed by atoms with Gasteiger partial charge in [-0.3, -0.25) is 9.97 Å². The molecule has 0 aromatic carbocycles. The van der Waals surface area contributed by atoms with Crippen molar-refractivity contribution in [2.75, 3.05) is 6.54 Å². The summed E-state index contributed by atoms with van der Waals surface area (Å²) in [5, 5.41) is 3.31. The Morgan fingerprint density at radius 2 is 2.16 bits per heavy atom. The third-order valence-electron chi connectivity index (χ3n) is 2.44. The molecule has 4 nitrogen and oxygen atoms in total. The van der Waals surface area contributed by atoms with Gasteiger partial charge in [0.1, 0.15) is 11.5 Å². The Morgan fingerprint density at radius 1 is 1.26 bits per heavy atom. The quantitative estimate of drug-likeness (QED) is 0.827. The lowest BCUT2D eigenvalue weighted by Gasteiger charge is -2.07. The molecule has 100 valence electrons. The first-order valence-corrected chi connectivity index (χ1v) is 7.01. The Hall–Kier alpha value is -1.46. The third kappa shape index (κ3) is 4.61. The van der Waals surface area contributed by atoms with Crippen LogP contribution in [0.15, 0.2) is 41.3 Å². The number of pyridine rings is 2. The number of nitrogens with zero attached hydrogens (tertiary/aromatic N) is 2. The van der Waals surface area contributed by atoms with Crippen LogP contribution in [0.25, 0.3) is 0 Å². The van der Waals surface area contributed by atoms with E-state index in [1.54, 1.807) is 18.6 Å². The molecule has 1 N–H and O–H groups in total. The molecule has 0 saturated heterocycles. The highest BCUT2D eigenvalue weighted by Crippen LogP contribution is 2.23. The summed E-state index contributed by atoms with van der Waals surface area (Å²) in [5.74, 6) is 1.47. The predicted octanol–water partition coefficient (Wildman–Crippen LogP) is 3.53. The van der Waals surface area contributed by atoms with Gasteiger partial charge in [0.05, 0.1) is 11.9 Å². The van der Waals surface area contributed by atoms with Crippen molar-refractivity contribution in [1.29, 1.82) is 0 Å². The molecule has 2 aromatic heterocycles. The summed E-state index contributed by atoms with van der Waals surface area (Å²) in [7, 11) is 0. The molecule has 0 amide bonds. The van der Waals surface area contributed by atoms with Gasteiger partial charge in [-0.1, -0.05) is 6.92 Å². The molecule has 0 saturated carbocycles. The van der Waals surface area contributed by atoms with E-state index in [1.165, 1.54) is 0 Å². The van der Waals surface area contributed by atoms with Gasteiger partial charge in [-0.25, -0.2) is 0 Å². The van der Waals surface area contributed by atoms with Crippen molar-refractivity contribution in [2.24, 2.45) is 0 Å². The second-order valence-electron chi connectivity index (χ2n) is 4.10. The van der Waals surface area contributed by atoms with Crippen molar-refractivity contribution in [3.05, 3.63) is 47.0 Å². The molecule has 0 radical (unpaired) electrons. The van der Waals surface area contributed by atoms with Gasteiger partial charge in [0, 0.05) is 29.5 Å². The topological polar surface area (TPSA) is 47.0 Å². The Labute approximate surface area is 121 Å². The molecule has 5 heteroatoms. The molecule has 0 aliphatic rings. The molecule has 19 heavy (non-hydrogen) atoms. The standard InChI is InChI=1S/C14H16BrN3O/c1-2-4-16-9-12-7-13(3-5-18-12)19-14-6-11(15)8-17-10-14/h3,5-8,10,16H,2,4,9H2,1H3. The molecule has 0 atom stereocenters. The largest absolute Gasteiger partial charge is 0.456 e. The van der Waals surface area contributed by atoms with Gasteiger partial charge in [-0.05, 0) is 41.0 Å². The molecule has 0 spiro atoms. The van der Waals surface area contributed by atoms with Gasteiger partial charge in [0.25, 0.3) is 0 Å². The van der Waals surface area contributed by atoms with Crippen LogP contribution in [0.5, 0.6) is 11.5 Å². The minimum absolute atomic E-state index is 0.702. The van der Waals surface area contributed by atoms with Crippen molar-refractivity contribution in [3.8, 4) is 11.5 Å². The summed E-state index contributed by atoms with van der Waals surface area (Å²) in [6.45, 7) is 3.88. The van der Waals surface area contributed by atoms with Gasteiger partial charge >= 0.3 is 0 Å². The van der Waals surface area contributed by atoms with E-state index in [0.29, 0.717) is 5.75 Å². The number of hydrogen-bond acceptors (Lipinski definition) is 4. The Kier molecular flexibility index (Phi) is 5.30. The van der Waals surface area contributed by atoms with Crippen molar-refractivity contribution >= 4 is 15.9 Å². The fraction of sp³-hybridized carbons (Fsp3) is 0.286. The van der Waals surface area contributed by atoms with E-state index in [2.05, 4.69) is 38.1 Å². The Morgan fingerprint density at radius 3 is 2.95 bits per heavy atom. The lowest BCUT2D eigenvalue weighted by atomic mass is 10.3. The number of hydrogen-bond donors (Lipinski definition) is 1. The van der Waals surface area contributed by atoms with Crippen molar-refractivity contribution in [2.45, 2.75) is 19.9 Å². The summed E-state index contributed by atoms with van der Waals surface area (Å²) in [6, 6.07) is 5.65. The number of halogens is 1. The van der Waals surface area contributed by atoms with Gasteiger partial charge < -0.3 is 10.1 Å². The average molecular weight is 322 g/mol. The predicted molar refractivity (Wildman–Crippen MR) is 78.2 cm³/mol. The summed E-state index contributed by atoms with van der Waals surface area (Å²) in [4.78, 5) is 8.37. The van der Waals surface area contributed by atoms with E-state index in [1.807, 2.05) is 18.2 Å². The van der Waals surface area contributed by atoms with E-state index >= 15 is 0 Å². The molecule has 0 aliphatic heterocycles. The fourth-order valence-electron chi connectivity index (χ4n) is 1.59. The van der Waals surface area contributed by atoms with Crippen LogP contribution >= 0.6 is 15.9 Å². The minimum atomic E-state index is 0.702. The van der Waals surface area contributed by atoms with Crippen LogP contribution in [0.2, 0.25) is 0 Å². The maximum Gasteiger partial charge on any atom is 0.146 e. The van der Waals surface area contributed by atoms with Crippen LogP contribution < -0.4 is 10.1 Å². The van der Waals surface area contributed by atoms with Crippen molar-refractivity contribution in [1.82, 2.24) is 15.3 Å². The second-order valence-corrected chi connectivity index (χ2v) is 5.02. The van der Waals surface area contributed by atoms with Gasteiger partial charge in [-0.2, -0.15) is 0 Å². The first-order chi connectivity index (χ1) is 9.28. The van der Waals surface area contributed by atoms with E-state index in [9.17, 15) is 0 Å². The van der Waals surface area contributed by atoms with Gasteiger partial charge in [-0.15, -0.1) is 0 Å². The molecule has 0 aliphatic carbocycles. The van der Waals surface area contributed by atoms with E-state index in [0.717, 1.165) is 35.4 Å². The zero-order valence-electron chi connectivity index (χ0n) is 10.8. The van der Waals surface area contributed by atoms with E-state index in [4.69, 9.17) is 4.74 Å². The van der Waals surface area contributed by atoms with Crippen LogP contribution in [-0.4, -0.2) is 16.5 Å². The zero-order chi connectivity index (χ0) is 13.5. The summed E-state index contributed by atoms with van der Waals surface area (Å²) < 4.78 is 6.64. The van der Waals surface area contributed by atoms with Crippen LogP contribution in [0.3, 0.4) is 0 Å². The molecule has 0 fully saturated rings. The van der Waals surface area contributed by atoms with Gasteiger partial charge in [0.2, 0.25) is 0 Å². The molecule has 0 bridgehead atoms. The van der Waals surface area contributed by atoms with Crippen LogP contribution in [0.1, 0.15) is 19.0 Å². The molecule has 2 rings (SSSR count). The molecular weight excluding hydrogens is 306 g/mol. The fourth-order valence-corrected chi connectivity index (χ4v) is 1.94. The Balaban J connectivity index is 2.02. The molecule has 2 aromatic rings. The van der Waals surface area contributed by atoms with Crippen LogP contribution in [0.4, 0.5) is 0 Å².